The molecule has 0 N–H and O–H groups in total. The molecule has 0 unspecified atom stereocenters. The lowest BCUT2D eigenvalue weighted by Crippen LogP contribution is -1.81. The summed E-state index contributed by atoms with van der Waals surface area (Å²) in [5.41, 5.74) is 4.40. The number of thiazole rings is 2. The van der Waals surface area contributed by atoms with Crippen molar-refractivity contribution in [2.45, 2.75) is 0 Å². The molecule has 0 aliphatic carbocycles. The molecule has 0 amide bonds. The third kappa shape index (κ3) is 2.50. The molecule has 0 bridgehead atoms. The van der Waals surface area contributed by atoms with Gasteiger partial charge in [-0.1, -0.05) is 96.5 Å². The Balaban J connectivity index is 1.81. The van der Waals surface area contributed by atoms with Gasteiger partial charge in [-0.05, 0) is 11.1 Å². The minimum absolute atomic E-state index is 0.975. The molecule has 2 nitrogen and oxygen atoms in total. The smallest absolute Gasteiger partial charge is 0.155 e. The van der Waals surface area contributed by atoms with Crippen molar-refractivity contribution < 1.29 is 0 Å². The van der Waals surface area contributed by atoms with E-state index in [1.54, 1.807) is 22.7 Å². The average molecular weight is 346 g/mol. The Hall–Kier alpha value is -2.56. The monoisotopic (exact) mass is 346 g/mol. The second-order valence-corrected chi connectivity index (χ2v) is 7.19. The number of hydrogen-bond acceptors (Lipinski definition) is 4. The van der Waals surface area contributed by atoms with E-state index in [0.29, 0.717) is 0 Å². The number of fused-ring (bicyclic) bond motifs is 1. The average Bonchev–Trinajstić information content (AvgIpc) is 3.20. The van der Waals surface area contributed by atoms with Crippen LogP contribution in [0.5, 0.6) is 0 Å². The van der Waals surface area contributed by atoms with Crippen LogP contribution in [-0.2, 0) is 0 Å². The van der Waals surface area contributed by atoms with Gasteiger partial charge in [0.05, 0.1) is 0 Å². The number of hydrogen-bond donors (Lipinski definition) is 0. The zero-order chi connectivity index (χ0) is 16.5. The molecule has 116 valence electrons. The van der Waals surface area contributed by atoms with Gasteiger partial charge in [0.15, 0.2) is 9.66 Å². The van der Waals surface area contributed by atoms with Gasteiger partial charge in [0.25, 0.3) is 0 Å². The Kier molecular flexibility index (Phi) is 3.84. The predicted octanol–water partition coefficient (Wildman–Crippen LogP) is 6.37. The van der Waals surface area contributed by atoms with Crippen LogP contribution >= 0.6 is 22.7 Å². The summed E-state index contributed by atoms with van der Waals surface area (Å²) in [5.74, 6) is 0. The molecule has 0 atom stereocenters. The molecular formula is C20H14N2S2. The van der Waals surface area contributed by atoms with E-state index in [0.717, 1.165) is 41.9 Å². The summed E-state index contributed by atoms with van der Waals surface area (Å²) in [6.07, 6.45) is 3.73. The second kappa shape index (κ2) is 6.15. The SMILES string of the molecule is C=Cc1ccccc1-c1nc2sc(-c3ccccc3C=C)nc2s1. The van der Waals surface area contributed by atoms with Crippen molar-refractivity contribution in [1.82, 2.24) is 9.97 Å². The van der Waals surface area contributed by atoms with Crippen LogP contribution < -0.4 is 0 Å². The van der Waals surface area contributed by atoms with Crippen LogP contribution in [0.1, 0.15) is 11.1 Å². The summed E-state index contributed by atoms with van der Waals surface area (Å²) in [6.45, 7) is 7.77. The number of nitrogens with zero attached hydrogens (tertiary/aromatic N) is 2. The number of rotatable bonds is 4. The van der Waals surface area contributed by atoms with Gasteiger partial charge >= 0.3 is 0 Å². The first-order valence-electron chi connectivity index (χ1n) is 7.51. The van der Waals surface area contributed by atoms with Gasteiger partial charge in [-0.25, -0.2) is 9.97 Å². The summed E-state index contributed by atoms with van der Waals surface area (Å²) in [6, 6.07) is 16.3. The van der Waals surface area contributed by atoms with Crippen LogP contribution in [0.25, 0.3) is 43.0 Å². The molecule has 0 saturated carbocycles. The standard InChI is InChI=1S/C20H14N2S2/c1-3-13-9-5-7-11-15(13)17-21-19-20(23-17)22-18(24-19)16-12-8-6-10-14(16)4-2/h3-12H,1-2H2. The van der Waals surface area contributed by atoms with Gasteiger partial charge in [0.2, 0.25) is 0 Å². The fourth-order valence-electron chi connectivity index (χ4n) is 2.61. The van der Waals surface area contributed by atoms with Crippen molar-refractivity contribution >= 4 is 44.5 Å². The highest BCUT2D eigenvalue weighted by Gasteiger charge is 2.15. The van der Waals surface area contributed by atoms with Gasteiger partial charge in [0.1, 0.15) is 10.0 Å². The van der Waals surface area contributed by atoms with E-state index in [2.05, 4.69) is 37.4 Å². The highest BCUT2D eigenvalue weighted by molar-refractivity contribution is 7.29. The molecule has 24 heavy (non-hydrogen) atoms. The van der Waals surface area contributed by atoms with Crippen molar-refractivity contribution in [3.63, 3.8) is 0 Å². The van der Waals surface area contributed by atoms with Gasteiger partial charge < -0.3 is 0 Å². The normalized spacial score (nSPS) is 10.8. The van der Waals surface area contributed by atoms with E-state index in [9.17, 15) is 0 Å². The molecule has 0 spiro atoms. The van der Waals surface area contributed by atoms with Crippen molar-refractivity contribution in [2.24, 2.45) is 0 Å². The molecular weight excluding hydrogens is 332 g/mol. The van der Waals surface area contributed by atoms with E-state index in [1.165, 1.54) is 0 Å². The first kappa shape index (κ1) is 15.0. The van der Waals surface area contributed by atoms with E-state index >= 15 is 0 Å². The van der Waals surface area contributed by atoms with Crippen molar-refractivity contribution in [2.75, 3.05) is 0 Å². The Morgan fingerprint density at radius 3 is 1.50 bits per heavy atom. The van der Waals surface area contributed by atoms with E-state index in [-0.39, 0.29) is 0 Å². The Bertz CT molecular complexity index is 944. The second-order valence-electron chi connectivity index (χ2n) is 5.23. The summed E-state index contributed by atoms with van der Waals surface area (Å²) in [7, 11) is 0. The molecule has 2 heterocycles. The zero-order valence-electron chi connectivity index (χ0n) is 12.9. The van der Waals surface area contributed by atoms with Gasteiger partial charge in [-0.15, -0.1) is 0 Å². The van der Waals surface area contributed by atoms with Crippen LogP contribution in [-0.4, -0.2) is 9.97 Å². The van der Waals surface area contributed by atoms with E-state index in [4.69, 9.17) is 9.97 Å². The van der Waals surface area contributed by atoms with Gasteiger partial charge in [0, 0.05) is 11.1 Å². The van der Waals surface area contributed by atoms with Gasteiger partial charge in [-0.2, -0.15) is 0 Å². The van der Waals surface area contributed by atoms with Crippen molar-refractivity contribution in [3.8, 4) is 21.1 Å². The van der Waals surface area contributed by atoms with Gasteiger partial charge in [-0.3, -0.25) is 0 Å². The maximum absolute atomic E-state index is 4.79. The van der Waals surface area contributed by atoms with E-state index in [1.807, 2.05) is 36.4 Å². The van der Waals surface area contributed by atoms with E-state index < -0.39 is 0 Å². The molecule has 4 heteroatoms. The molecule has 4 aromatic rings. The maximum atomic E-state index is 4.79. The molecule has 2 aromatic carbocycles. The van der Waals surface area contributed by atoms with Crippen molar-refractivity contribution in [3.05, 3.63) is 72.8 Å². The molecule has 2 aromatic heterocycles. The molecule has 0 aliphatic heterocycles. The quantitative estimate of drug-likeness (QED) is 0.429. The van der Waals surface area contributed by atoms with Crippen LogP contribution in [0.15, 0.2) is 61.7 Å². The summed E-state index contributed by atoms with van der Waals surface area (Å²) in [5, 5.41) is 1.98. The molecule has 0 radical (unpaired) electrons. The maximum Gasteiger partial charge on any atom is 0.155 e. The Morgan fingerprint density at radius 1 is 0.667 bits per heavy atom. The predicted molar refractivity (Wildman–Crippen MR) is 106 cm³/mol. The molecule has 0 saturated heterocycles. The highest BCUT2D eigenvalue weighted by Crippen LogP contribution is 2.38. The van der Waals surface area contributed by atoms with Crippen LogP contribution in [0.4, 0.5) is 0 Å². The minimum Gasteiger partial charge on any atom is -0.223 e. The van der Waals surface area contributed by atoms with Crippen LogP contribution in [0.3, 0.4) is 0 Å². The van der Waals surface area contributed by atoms with Crippen LogP contribution in [0, 0.1) is 0 Å². The van der Waals surface area contributed by atoms with Crippen LogP contribution in [0.2, 0.25) is 0 Å². The zero-order valence-corrected chi connectivity index (χ0v) is 14.5. The highest BCUT2D eigenvalue weighted by atomic mass is 32.1. The minimum atomic E-state index is 0.975. The Morgan fingerprint density at radius 2 is 1.08 bits per heavy atom. The summed E-state index contributed by atoms with van der Waals surface area (Å²) >= 11 is 3.25. The topological polar surface area (TPSA) is 25.8 Å². The third-order valence-electron chi connectivity index (χ3n) is 3.80. The lowest BCUT2D eigenvalue weighted by Gasteiger charge is -2.02. The molecule has 4 rings (SSSR count). The third-order valence-corrected chi connectivity index (χ3v) is 5.89. The summed E-state index contributed by atoms with van der Waals surface area (Å²) < 4.78 is 0. The summed E-state index contributed by atoms with van der Waals surface area (Å²) in [4.78, 5) is 11.5. The fraction of sp³-hybridized carbons (Fsp3) is 0. The number of aromatic nitrogens is 2. The molecule has 0 fully saturated rings. The first-order valence-corrected chi connectivity index (χ1v) is 9.14. The fourth-order valence-corrected chi connectivity index (χ4v) is 4.75. The van der Waals surface area contributed by atoms with Crippen molar-refractivity contribution in [1.29, 1.82) is 0 Å². The lowest BCUT2D eigenvalue weighted by molar-refractivity contribution is 1.48. The number of benzene rings is 2. The largest absolute Gasteiger partial charge is 0.223 e. The lowest BCUT2D eigenvalue weighted by atomic mass is 10.1. The first-order chi connectivity index (χ1) is 11.8. The molecule has 0 aliphatic rings. The Labute approximate surface area is 148 Å².